The van der Waals surface area contributed by atoms with E-state index in [1.807, 2.05) is 30.3 Å². The Hall–Kier alpha value is -1.99. The zero-order valence-electron chi connectivity index (χ0n) is 12.9. The van der Waals surface area contributed by atoms with Gasteiger partial charge in [-0.05, 0) is 0 Å². The Morgan fingerprint density at radius 1 is 0.909 bits per heavy atom. The third-order valence-electron chi connectivity index (χ3n) is 4.67. The molecule has 4 heteroatoms. The van der Waals surface area contributed by atoms with Crippen molar-refractivity contribution < 1.29 is 13.6 Å². The number of hydrogen-bond donors (Lipinski definition) is 0. The molecule has 0 bridgehead atoms. The van der Waals surface area contributed by atoms with Crippen LogP contribution in [0.25, 0.3) is 0 Å². The van der Waals surface area contributed by atoms with Crippen LogP contribution in [0.3, 0.4) is 0 Å². The first-order valence-electron chi connectivity index (χ1n) is 7.48. The Morgan fingerprint density at radius 3 is 2.14 bits per heavy atom. The molecule has 0 radical (unpaired) electrons. The molecule has 2 aliphatic heterocycles. The van der Waals surface area contributed by atoms with E-state index < -0.39 is 7.28 Å². The van der Waals surface area contributed by atoms with Gasteiger partial charge in [0.15, 0.2) is 0 Å². The van der Waals surface area contributed by atoms with E-state index in [9.17, 15) is 0 Å². The molecule has 2 aromatic carbocycles. The van der Waals surface area contributed by atoms with Crippen molar-refractivity contribution in [2.75, 3.05) is 0 Å². The molecule has 1 unspecified atom stereocenters. The average Bonchev–Trinajstić information content (AvgIpc) is 3.02. The van der Waals surface area contributed by atoms with E-state index >= 15 is 0 Å². The first kappa shape index (κ1) is 13.7. The Balaban J connectivity index is 1.95. The fraction of sp³-hybridized carbons (Fsp3) is 0.222. The van der Waals surface area contributed by atoms with Crippen LogP contribution < -0.4 is 14.4 Å². The molecule has 0 amide bonds. The van der Waals surface area contributed by atoms with Gasteiger partial charge in [-0.3, -0.25) is 0 Å². The van der Waals surface area contributed by atoms with Crippen molar-refractivity contribution >= 4 is 12.6 Å². The van der Waals surface area contributed by atoms with Crippen molar-refractivity contribution in [1.29, 1.82) is 0 Å². The molecule has 1 spiro atoms. The van der Waals surface area contributed by atoms with Crippen LogP contribution in [0, 0.1) is 13.8 Å². The van der Waals surface area contributed by atoms with Crippen LogP contribution >= 0.6 is 7.28 Å². The second-order valence-corrected chi connectivity index (χ2v) is 9.81. The van der Waals surface area contributed by atoms with Gasteiger partial charge in [0.25, 0.3) is 0 Å². The Bertz CT molecular complexity index is 772. The van der Waals surface area contributed by atoms with Gasteiger partial charge in [0.1, 0.15) is 0 Å². The SMILES string of the molecule is Cc1ccc(P23(OC=CC2C)Oc2ccccc2O3)cc1C. The van der Waals surface area contributed by atoms with E-state index in [0.29, 0.717) is 0 Å². The predicted molar refractivity (Wildman–Crippen MR) is 89.9 cm³/mol. The van der Waals surface area contributed by atoms with Crippen LogP contribution in [0.15, 0.2) is 54.8 Å². The quantitative estimate of drug-likeness (QED) is 0.718. The number of rotatable bonds is 1. The van der Waals surface area contributed by atoms with E-state index in [2.05, 4.69) is 39.0 Å². The minimum absolute atomic E-state index is 0.0421. The van der Waals surface area contributed by atoms with Gasteiger partial charge in [-0.2, -0.15) is 0 Å². The molecule has 114 valence electrons. The minimum atomic E-state index is -3.46. The normalized spacial score (nSPS) is 24.7. The Morgan fingerprint density at radius 2 is 1.59 bits per heavy atom. The van der Waals surface area contributed by atoms with E-state index in [-0.39, 0.29) is 5.66 Å². The molecule has 0 aliphatic carbocycles. The monoisotopic (exact) mass is 314 g/mol. The summed E-state index contributed by atoms with van der Waals surface area (Å²) in [6.45, 7) is 6.31. The molecular formula is C18H19O3P. The molecular weight excluding hydrogens is 295 g/mol. The molecule has 3 nitrogen and oxygen atoms in total. The van der Waals surface area contributed by atoms with Gasteiger partial charge in [0, 0.05) is 0 Å². The molecule has 2 aromatic rings. The molecule has 4 rings (SSSR count). The van der Waals surface area contributed by atoms with E-state index in [0.717, 1.165) is 16.8 Å². The summed E-state index contributed by atoms with van der Waals surface area (Å²) in [6.07, 6.45) is 3.75. The zero-order chi connectivity index (χ0) is 15.4. The van der Waals surface area contributed by atoms with Crippen molar-refractivity contribution in [1.82, 2.24) is 0 Å². The summed E-state index contributed by atoms with van der Waals surface area (Å²) >= 11 is 0. The third kappa shape index (κ3) is 1.55. The molecule has 0 fully saturated rings. The Kier molecular flexibility index (Phi) is 2.65. The van der Waals surface area contributed by atoms with E-state index in [1.165, 1.54) is 11.1 Å². The molecule has 0 saturated carbocycles. The molecule has 2 aliphatic rings. The molecule has 0 saturated heterocycles. The molecule has 2 heterocycles. The van der Waals surface area contributed by atoms with Gasteiger partial charge in [-0.15, -0.1) is 0 Å². The summed E-state index contributed by atoms with van der Waals surface area (Å²) in [6, 6.07) is 14.1. The van der Waals surface area contributed by atoms with E-state index in [4.69, 9.17) is 13.6 Å². The summed E-state index contributed by atoms with van der Waals surface area (Å²) in [5, 5.41) is 1.00. The predicted octanol–water partition coefficient (Wildman–Crippen LogP) is 4.63. The van der Waals surface area contributed by atoms with Crippen LogP contribution in [-0.4, -0.2) is 5.66 Å². The fourth-order valence-electron chi connectivity index (χ4n) is 3.09. The first-order valence-corrected chi connectivity index (χ1v) is 9.54. The van der Waals surface area contributed by atoms with Crippen LogP contribution in [0.1, 0.15) is 18.1 Å². The first-order chi connectivity index (χ1) is 10.5. The number of para-hydroxylation sites is 2. The number of benzene rings is 2. The third-order valence-corrected chi connectivity index (χ3v) is 9.06. The van der Waals surface area contributed by atoms with Crippen LogP contribution in [0.2, 0.25) is 0 Å². The van der Waals surface area contributed by atoms with Gasteiger partial charge in [0.2, 0.25) is 0 Å². The molecule has 22 heavy (non-hydrogen) atoms. The van der Waals surface area contributed by atoms with Crippen LogP contribution in [-0.2, 0) is 4.52 Å². The van der Waals surface area contributed by atoms with Crippen molar-refractivity contribution in [3.8, 4) is 11.5 Å². The maximum atomic E-state index is 6.46. The van der Waals surface area contributed by atoms with Gasteiger partial charge >= 0.3 is 130 Å². The van der Waals surface area contributed by atoms with Crippen molar-refractivity contribution in [2.45, 2.75) is 26.4 Å². The van der Waals surface area contributed by atoms with Crippen LogP contribution in [0.5, 0.6) is 11.5 Å². The second-order valence-electron chi connectivity index (χ2n) is 6.02. The number of fused-ring (bicyclic) bond motifs is 1. The van der Waals surface area contributed by atoms with Gasteiger partial charge in [-0.25, -0.2) is 0 Å². The summed E-state index contributed by atoms with van der Waals surface area (Å²) in [5.41, 5.74) is 2.50. The summed E-state index contributed by atoms with van der Waals surface area (Å²) in [5.74, 6) is 1.52. The van der Waals surface area contributed by atoms with Crippen molar-refractivity contribution in [3.63, 3.8) is 0 Å². The van der Waals surface area contributed by atoms with Crippen molar-refractivity contribution in [3.05, 3.63) is 65.9 Å². The van der Waals surface area contributed by atoms with Crippen molar-refractivity contribution in [2.24, 2.45) is 0 Å². The number of allylic oxidation sites excluding steroid dienone is 1. The van der Waals surface area contributed by atoms with Gasteiger partial charge in [0.05, 0.1) is 0 Å². The summed E-state index contributed by atoms with van der Waals surface area (Å²) in [7, 11) is -3.46. The number of aryl methyl sites for hydroxylation is 2. The fourth-order valence-corrected chi connectivity index (χ4v) is 7.02. The van der Waals surface area contributed by atoms with E-state index in [1.54, 1.807) is 6.26 Å². The Labute approximate surface area is 130 Å². The molecule has 0 aromatic heterocycles. The standard InChI is InChI=1S/C18H19O3P/c1-13-8-9-16(12-14(13)2)22(15(3)10-11-19-22)20-17-6-4-5-7-18(17)21-22/h4-12,15H,1-3H3. The maximum absolute atomic E-state index is 6.46. The molecule has 0 N–H and O–H groups in total. The van der Waals surface area contributed by atoms with Crippen LogP contribution in [0.4, 0.5) is 0 Å². The van der Waals surface area contributed by atoms with Gasteiger partial charge in [-0.1, -0.05) is 0 Å². The zero-order valence-corrected chi connectivity index (χ0v) is 13.8. The average molecular weight is 314 g/mol. The number of hydrogen-bond acceptors (Lipinski definition) is 3. The van der Waals surface area contributed by atoms with Gasteiger partial charge < -0.3 is 0 Å². The summed E-state index contributed by atoms with van der Waals surface area (Å²) in [4.78, 5) is 0. The molecule has 1 atom stereocenters. The summed E-state index contributed by atoms with van der Waals surface area (Å²) < 4.78 is 19.1. The topological polar surface area (TPSA) is 27.7 Å². The second kappa shape index (κ2) is 4.27.